The van der Waals surface area contributed by atoms with Crippen LogP contribution in [0.5, 0.6) is 0 Å². The molecule has 2 rings (SSSR count). The molecule has 84 valence electrons. The predicted octanol–water partition coefficient (Wildman–Crippen LogP) is 1.85. The largest absolute Gasteiger partial charge is 0.326 e. The van der Waals surface area contributed by atoms with Crippen LogP contribution in [0.2, 0.25) is 0 Å². The molecule has 0 unspecified atom stereocenters. The van der Waals surface area contributed by atoms with Crippen molar-refractivity contribution < 1.29 is 0 Å². The van der Waals surface area contributed by atoms with Crippen molar-refractivity contribution in [3.63, 3.8) is 0 Å². The van der Waals surface area contributed by atoms with E-state index in [0.717, 1.165) is 17.1 Å². The molecule has 0 aromatic carbocycles. The number of rotatable bonds is 3. The van der Waals surface area contributed by atoms with Gasteiger partial charge in [-0.2, -0.15) is 5.10 Å². The molecule has 0 saturated carbocycles. The highest BCUT2D eigenvalue weighted by Crippen LogP contribution is 2.12. The van der Waals surface area contributed by atoms with E-state index >= 15 is 0 Å². The highest BCUT2D eigenvalue weighted by Gasteiger charge is 2.05. The fraction of sp³-hybridized carbons (Fsp3) is 0.333. The van der Waals surface area contributed by atoms with Gasteiger partial charge in [0.15, 0.2) is 5.82 Å². The van der Waals surface area contributed by atoms with Gasteiger partial charge < -0.3 is 5.73 Å². The van der Waals surface area contributed by atoms with Gasteiger partial charge in [-0.15, -0.1) is 0 Å². The van der Waals surface area contributed by atoms with Crippen LogP contribution in [0.15, 0.2) is 30.6 Å². The molecule has 0 bridgehead atoms. The third kappa shape index (κ3) is 2.12. The fourth-order valence-electron chi connectivity index (χ4n) is 1.45. The van der Waals surface area contributed by atoms with Crippen molar-refractivity contribution in [2.24, 2.45) is 5.73 Å². The van der Waals surface area contributed by atoms with Crippen molar-refractivity contribution in [2.45, 2.75) is 26.3 Å². The number of aromatic nitrogens is 3. The van der Waals surface area contributed by atoms with Gasteiger partial charge in [0.2, 0.25) is 0 Å². The van der Waals surface area contributed by atoms with Gasteiger partial charge in [-0.3, -0.25) is 0 Å². The zero-order valence-electron chi connectivity index (χ0n) is 9.59. The molecule has 0 aliphatic rings. The average Bonchev–Trinajstić information content (AvgIpc) is 2.78. The summed E-state index contributed by atoms with van der Waals surface area (Å²) >= 11 is 0. The highest BCUT2D eigenvalue weighted by atomic mass is 15.3. The van der Waals surface area contributed by atoms with E-state index in [2.05, 4.69) is 23.9 Å². The quantitative estimate of drug-likeness (QED) is 0.851. The second-order valence-corrected chi connectivity index (χ2v) is 4.07. The summed E-state index contributed by atoms with van der Waals surface area (Å²) in [5.41, 5.74) is 7.62. The van der Waals surface area contributed by atoms with Crippen LogP contribution in [0.4, 0.5) is 0 Å². The summed E-state index contributed by atoms with van der Waals surface area (Å²) in [6.07, 6.45) is 3.71. The maximum Gasteiger partial charge on any atom is 0.153 e. The van der Waals surface area contributed by atoms with E-state index in [-0.39, 0.29) is 0 Å². The van der Waals surface area contributed by atoms with Crippen LogP contribution < -0.4 is 5.73 Å². The first-order chi connectivity index (χ1) is 7.70. The molecule has 2 N–H and O–H groups in total. The molecule has 0 amide bonds. The zero-order chi connectivity index (χ0) is 11.5. The molecule has 0 aliphatic carbocycles. The zero-order valence-corrected chi connectivity index (χ0v) is 9.59. The summed E-state index contributed by atoms with van der Waals surface area (Å²) in [7, 11) is 0. The lowest BCUT2D eigenvalue weighted by Crippen LogP contribution is -2.02. The maximum atomic E-state index is 5.52. The molecule has 0 spiro atoms. The summed E-state index contributed by atoms with van der Waals surface area (Å²) in [5, 5.41) is 4.46. The van der Waals surface area contributed by atoms with Gasteiger partial charge in [0, 0.05) is 18.9 Å². The summed E-state index contributed by atoms with van der Waals surface area (Å²) < 4.78 is 1.79. The van der Waals surface area contributed by atoms with E-state index in [9.17, 15) is 0 Å². The van der Waals surface area contributed by atoms with Gasteiger partial charge in [0.25, 0.3) is 0 Å². The molecule has 2 aromatic rings. The SMILES string of the molecule is CC(C)c1ccn(-c2ccc(CN)cn2)n1. The van der Waals surface area contributed by atoms with Crippen LogP contribution in [0.1, 0.15) is 31.0 Å². The van der Waals surface area contributed by atoms with Gasteiger partial charge in [-0.25, -0.2) is 9.67 Å². The van der Waals surface area contributed by atoms with E-state index in [1.807, 2.05) is 24.4 Å². The van der Waals surface area contributed by atoms with Crippen LogP contribution in [-0.4, -0.2) is 14.8 Å². The Balaban J connectivity index is 2.28. The topological polar surface area (TPSA) is 56.7 Å². The predicted molar refractivity (Wildman–Crippen MR) is 63.3 cm³/mol. The van der Waals surface area contributed by atoms with Crippen LogP contribution in [0.3, 0.4) is 0 Å². The molecule has 2 aromatic heterocycles. The molecule has 0 fully saturated rings. The normalized spacial score (nSPS) is 11.0. The standard InChI is InChI=1S/C12H16N4/c1-9(2)11-5-6-16(15-11)12-4-3-10(7-13)8-14-12/h3-6,8-9H,7,13H2,1-2H3. The van der Waals surface area contributed by atoms with Crippen molar-refractivity contribution >= 4 is 0 Å². The molecular formula is C12H16N4. The van der Waals surface area contributed by atoms with Crippen molar-refractivity contribution in [3.8, 4) is 5.82 Å². The van der Waals surface area contributed by atoms with Crippen LogP contribution >= 0.6 is 0 Å². The minimum atomic E-state index is 0.435. The van der Waals surface area contributed by atoms with Crippen molar-refractivity contribution in [3.05, 3.63) is 41.9 Å². The Bertz CT molecular complexity index is 456. The molecule has 0 atom stereocenters. The van der Waals surface area contributed by atoms with E-state index < -0.39 is 0 Å². The Morgan fingerprint density at radius 2 is 2.12 bits per heavy atom. The highest BCUT2D eigenvalue weighted by molar-refractivity contribution is 5.25. The lowest BCUT2D eigenvalue weighted by molar-refractivity contribution is 0.757. The summed E-state index contributed by atoms with van der Waals surface area (Å²) in [5.74, 6) is 1.26. The Kier molecular flexibility index (Phi) is 3.01. The number of pyridine rings is 1. The van der Waals surface area contributed by atoms with E-state index in [0.29, 0.717) is 12.5 Å². The van der Waals surface area contributed by atoms with E-state index in [1.54, 1.807) is 10.9 Å². The van der Waals surface area contributed by atoms with Gasteiger partial charge >= 0.3 is 0 Å². The summed E-state index contributed by atoms with van der Waals surface area (Å²) in [6.45, 7) is 4.76. The molecule has 2 heterocycles. The Morgan fingerprint density at radius 1 is 1.31 bits per heavy atom. The van der Waals surface area contributed by atoms with Crippen LogP contribution in [0, 0.1) is 0 Å². The van der Waals surface area contributed by atoms with Crippen molar-refractivity contribution in [2.75, 3.05) is 0 Å². The Morgan fingerprint density at radius 3 is 2.62 bits per heavy atom. The molecule has 4 heteroatoms. The summed E-state index contributed by atoms with van der Waals surface area (Å²) in [4.78, 5) is 4.31. The first-order valence-corrected chi connectivity index (χ1v) is 5.41. The minimum absolute atomic E-state index is 0.435. The lowest BCUT2D eigenvalue weighted by atomic mass is 10.1. The smallest absolute Gasteiger partial charge is 0.153 e. The number of hydrogen-bond acceptors (Lipinski definition) is 3. The molecule has 0 aliphatic heterocycles. The third-order valence-electron chi connectivity index (χ3n) is 2.48. The van der Waals surface area contributed by atoms with Crippen LogP contribution in [0.25, 0.3) is 5.82 Å². The first-order valence-electron chi connectivity index (χ1n) is 5.41. The second kappa shape index (κ2) is 4.45. The van der Waals surface area contributed by atoms with Crippen LogP contribution in [-0.2, 0) is 6.54 Å². The molecule has 0 radical (unpaired) electrons. The number of hydrogen-bond donors (Lipinski definition) is 1. The fourth-order valence-corrected chi connectivity index (χ4v) is 1.45. The number of nitrogens with zero attached hydrogens (tertiary/aromatic N) is 3. The molecular weight excluding hydrogens is 200 g/mol. The summed E-state index contributed by atoms with van der Waals surface area (Å²) in [6, 6.07) is 5.92. The molecule has 4 nitrogen and oxygen atoms in total. The Labute approximate surface area is 95.1 Å². The van der Waals surface area contributed by atoms with E-state index in [4.69, 9.17) is 5.73 Å². The minimum Gasteiger partial charge on any atom is -0.326 e. The maximum absolute atomic E-state index is 5.52. The van der Waals surface area contributed by atoms with Gasteiger partial charge in [0.05, 0.1) is 5.69 Å². The third-order valence-corrected chi connectivity index (χ3v) is 2.48. The average molecular weight is 216 g/mol. The second-order valence-electron chi connectivity index (χ2n) is 4.07. The molecule has 16 heavy (non-hydrogen) atoms. The van der Waals surface area contributed by atoms with Gasteiger partial charge in [-0.1, -0.05) is 19.9 Å². The lowest BCUT2D eigenvalue weighted by Gasteiger charge is -2.02. The van der Waals surface area contributed by atoms with Gasteiger partial charge in [0.1, 0.15) is 0 Å². The van der Waals surface area contributed by atoms with Gasteiger partial charge in [-0.05, 0) is 23.6 Å². The monoisotopic (exact) mass is 216 g/mol. The van der Waals surface area contributed by atoms with Crippen molar-refractivity contribution in [1.82, 2.24) is 14.8 Å². The number of nitrogens with two attached hydrogens (primary N) is 1. The van der Waals surface area contributed by atoms with Crippen molar-refractivity contribution in [1.29, 1.82) is 0 Å². The first kappa shape index (κ1) is 10.8. The molecule has 0 saturated heterocycles. The van der Waals surface area contributed by atoms with E-state index in [1.165, 1.54) is 0 Å². The Hall–Kier alpha value is -1.68.